The first-order valence-electron chi connectivity index (χ1n) is 8.68. The van der Waals surface area contributed by atoms with Crippen LogP contribution in [-0.2, 0) is 4.79 Å². The van der Waals surface area contributed by atoms with E-state index in [0.29, 0.717) is 5.75 Å². The van der Waals surface area contributed by atoms with Crippen molar-refractivity contribution in [2.75, 3.05) is 0 Å². The third-order valence-electron chi connectivity index (χ3n) is 4.33. The van der Waals surface area contributed by atoms with E-state index in [1.807, 2.05) is 66.7 Å². The molecule has 0 aliphatic carbocycles. The van der Waals surface area contributed by atoms with Gasteiger partial charge >= 0.3 is 0 Å². The predicted molar refractivity (Wildman–Crippen MR) is 102 cm³/mol. The topological polar surface area (TPSA) is 38.3 Å². The number of ether oxygens (including phenoxy) is 1. The van der Waals surface area contributed by atoms with Crippen LogP contribution < -0.4 is 10.1 Å². The van der Waals surface area contributed by atoms with Crippen LogP contribution in [0.5, 0.6) is 5.75 Å². The molecule has 2 atom stereocenters. The summed E-state index contributed by atoms with van der Waals surface area (Å²) in [5.41, 5.74) is 1.11. The molecule has 0 aliphatic heterocycles. The fourth-order valence-electron chi connectivity index (χ4n) is 2.89. The van der Waals surface area contributed by atoms with Gasteiger partial charge in [0.05, 0.1) is 6.04 Å². The van der Waals surface area contributed by atoms with Crippen LogP contribution in [0, 0.1) is 0 Å². The zero-order valence-corrected chi connectivity index (χ0v) is 14.6. The zero-order valence-electron chi connectivity index (χ0n) is 14.6. The SMILES string of the molecule is CCC(NC(=O)C(C)Oc1ccc2ccccc2c1)c1ccccc1. The second-order valence-electron chi connectivity index (χ2n) is 6.15. The Balaban J connectivity index is 1.67. The lowest BCUT2D eigenvalue weighted by Crippen LogP contribution is -2.38. The van der Waals surface area contributed by atoms with Gasteiger partial charge in [-0.2, -0.15) is 0 Å². The van der Waals surface area contributed by atoms with Gasteiger partial charge in [0.15, 0.2) is 6.10 Å². The van der Waals surface area contributed by atoms with Crippen molar-refractivity contribution in [1.82, 2.24) is 5.32 Å². The molecule has 128 valence electrons. The van der Waals surface area contributed by atoms with Crippen molar-refractivity contribution in [3.05, 3.63) is 78.4 Å². The van der Waals surface area contributed by atoms with Crippen LogP contribution in [0.1, 0.15) is 31.9 Å². The molecule has 3 rings (SSSR count). The molecule has 1 N–H and O–H groups in total. The maximum Gasteiger partial charge on any atom is 0.261 e. The van der Waals surface area contributed by atoms with Crippen LogP contribution >= 0.6 is 0 Å². The second-order valence-corrected chi connectivity index (χ2v) is 6.15. The van der Waals surface area contributed by atoms with Crippen molar-refractivity contribution >= 4 is 16.7 Å². The van der Waals surface area contributed by atoms with E-state index in [9.17, 15) is 4.79 Å². The number of carbonyl (C=O) groups is 1. The third kappa shape index (κ3) is 4.18. The van der Waals surface area contributed by atoms with Crippen molar-refractivity contribution in [3.63, 3.8) is 0 Å². The summed E-state index contributed by atoms with van der Waals surface area (Å²) in [6.45, 7) is 3.84. The molecule has 25 heavy (non-hydrogen) atoms. The fraction of sp³-hybridized carbons (Fsp3) is 0.227. The van der Waals surface area contributed by atoms with Crippen LogP contribution in [0.25, 0.3) is 10.8 Å². The lowest BCUT2D eigenvalue weighted by atomic mass is 10.0. The van der Waals surface area contributed by atoms with E-state index in [1.54, 1.807) is 6.92 Å². The summed E-state index contributed by atoms with van der Waals surface area (Å²) in [4.78, 5) is 12.5. The van der Waals surface area contributed by atoms with Crippen molar-refractivity contribution in [3.8, 4) is 5.75 Å². The predicted octanol–water partition coefficient (Wildman–Crippen LogP) is 4.87. The number of hydrogen-bond acceptors (Lipinski definition) is 2. The largest absolute Gasteiger partial charge is 0.481 e. The van der Waals surface area contributed by atoms with Gasteiger partial charge in [-0.1, -0.05) is 67.6 Å². The average molecular weight is 333 g/mol. The molecule has 0 saturated heterocycles. The Kier molecular flexibility index (Phi) is 5.34. The Morgan fingerprint density at radius 3 is 2.36 bits per heavy atom. The highest BCUT2D eigenvalue weighted by atomic mass is 16.5. The molecule has 0 aliphatic rings. The van der Waals surface area contributed by atoms with Gasteiger partial charge in [0.1, 0.15) is 5.75 Å². The molecule has 0 saturated carbocycles. The summed E-state index contributed by atoms with van der Waals surface area (Å²) in [6, 6.07) is 24.0. The molecule has 0 fully saturated rings. The standard InChI is InChI=1S/C22H23NO2/c1-3-21(18-10-5-4-6-11-18)23-22(24)16(2)25-20-14-13-17-9-7-8-12-19(17)15-20/h4-16,21H,3H2,1-2H3,(H,23,24). The van der Waals surface area contributed by atoms with Crippen LogP contribution in [0.2, 0.25) is 0 Å². The molecule has 0 aromatic heterocycles. The molecule has 0 spiro atoms. The van der Waals surface area contributed by atoms with Gasteiger partial charge in [0.2, 0.25) is 0 Å². The summed E-state index contributed by atoms with van der Waals surface area (Å²) in [7, 11) is 0. The molecule has 2 unspecified atom stereocenters. The molecule has 3 aromatic carbocycles. The van der Waals surface area contributed by atoms with Crippen molar-refractivity contribution in [2.24, 2.45) is 0 Å². The monoisotopic (exact) mass is 333 g/mol. The minimum atomic E-state index is -0.557. The van der Waals surface area contributed by atoms with E-state index >= 15 is 0 Å². The highest BCUT2D eigenvalue weighted by molar-refractivity contribution is 5.84. The van der Waals surface area contributed by atoms with Gasteiger partial charge in [-0.05, 0) is 41.8 Å². The van der Waals surface area contributed by atoms with Crippen molar-refractivity contribution < 1.29 is 9.53 Å². The quantitative estimate of drug-likeness (QED) is 0.698. The molecule has 3 nitrogen and oxygen atoms in total. The molecule has 1 amide bonds. The molecular weight excluding hydrogens is 310 g/mol. The number of fused-ring (bicyclic) bond motifs is 1. The minimum Gasteiger partial charge on any atom is -0.481 e. The van der Waals surface area contributed by atoms with Gasteiger partial charge in [-0.15, -0.1) is 0 Å². The maximum absolute atomic E-state index is 12.5. The lowest BCUT2D eigenvalue weighted by molar-refractivity contribution is -0.128. The van der Waals surface area contributed by atoms with E-state index in [1.165, 1.54) is 0 Å². The lowest BCUT2D eigenvalue weighted by Gasteiger charge is -2.21. The molecule has 0 heterocycles. The number of benzene rings is 3. The number of hydrogen-bond donors (Lipinski definition) is 1. The number of rotatable bonds is 6. The van der Waals surface area contributed by atoms with E-state index in [0.717, 1.165) is 22.8 Å². The van der Waals surface area contributed by atoms with E-state index in [-0.39, 0.29) is 11.9 Å². The molecule has 0 bridgehead atoms. The highest BCUT2D eigenvalue weighted by Gasteiger charge is 2.19. The highest BCUT2D eigenvalue weighted by Crippen LogP contribution is 2.22. The number of nitrogens with one attached hydrogen (secondary N) is 1. The summed E-state index contributed by atoms with van der Waals surface area (Å²) >= 11 is 0. The van der Waals surface area contributed by atoms with Crippen LogP contribution in [0.15, 0.2) is 72.8 Å². The Morgan fingerprint density at radius 2 is 1.64 bits per heavy atom. The first-order chi connectivity index (χ1) is 12.2. The van der Waals surface area contributed by atoms with Crippen molar-refractivity contribution in [1.29, 1.82) is 0 Å². The Hall–Kier alpha value is -2.81. The number of carbonyl (C=O) groups excluding carboxylic acids is 1. The first-order valence-corrected chi connectivity index (χ1v) is 8.68. The van der Waals surface area contributed by atoms with E-state index < -0.39 is 6.10 Å². The van der Waals surface area contributed by atoms with E-state index in [4.69, 9.17) is 4.74 Å². The minimum absolute atomic E-state index is 0.00338. The first kappa shape index (κ1) is 17.0. The summed E-state index contributed by atoms with van der Waals surface area (Å²) in [5, 5.41) is 5.33. The molecule has 0 radical (unpaired) electrons. The summed E-state index contributed by atoms with van der Waals surface area (Å²) in [6.07, 6.45) is 0.275. The zero-order chi connectivity index (χ0) is 17.6. The van der Waals surface area contributed by atoms with Gasteiger partial charge in [0.25, 0.3) is 5.91 Å². The van der Waals surface area contributed by atoms with Gasteiger partial charge in [-0.3, -0.25) is 4.79 Å². The smallest absolute Gasteiger partial charge is 0.261 e. The summed E-state index contributed by atoms with van der Waals surface area (Å²) in [5.74, 6) is 0.595. The molecular formula is C22H23NO2. The third-order valence-corrected chi connectivity index (χ3v) is 4.33. The van der Waals surface area contributed by atoms with Gasteiger partial charge < -0.3 is 10.1 Å². The van der Waals surface area contributed by atoms with E-state index in [2.05, 4.69) is 18.3 Å². The van der Waals surface area contributed by atoms with Crippen LogP contribution in [0.3, 0.4) is 0 Å². The van der Waals surface area contributed by atoms with Crippen molar-refractivity contribution in [2.45, 2.75) is 32.4 Å². The normalized spacial score (nSPS) is 13.2. The Morgan fingerprint density at radius 1 is 0.960 bits per heavy atom. The Labute approximate surface area is 148 Å². The maximum atomic E-state index is 12.5. The van der Waals surface area contributed by atoms with Gasteiger partial charge in [0, 0.05) is 0 Å². The molecule has 3 aromatic rings. The van der Waals surface area contributed by atoms with Gasteiger partial charge in [-0.25, -0.2) is 0 Å². The average Bonchev–Trinajstić information content (AvgIpc) is 2.66. The molecule has 3 heteroatoms. The summed E-state index contributed by atoms with van der Waals surface area (Å²) < 4.78 is 5.85. The Bertz CT molecular complexity index is 845. The van der Waals surface area contributed by atoms with Crippen LogP contribution in [0.4, 0.5) is 0 Å². The second kappa shape index (κ2) is 7.84. The fourth-order valence-corrected chi connectivity index (χ4v) is 2.89. The number of amides is 1. The van der Waals surface area contributed by atoms with Crippen LogP contribution in [-0.4, -0.2) is 12.0 Å².